The molecule has 1 heterocycles. The van der Waals surface area contributed by atoms with Gasteiger partial charge >= 0.3 is 16.3 Å². The van der Waals surface area contributed by atoms with Gasteiger partial charge in [0.2, 0.25) is 5.91 Å². The molecule has 1 aliphatic rings. The van der Waals surface area contributed by atoms with Crippen molar-refractivity contribution in [2.75, 3.05) is 28.0 Å². The van der Waals surface area contributed by atoms with Crippen LogP contribution in [0.2, 0.25) is 0 Å². The molecule has 0 saturated heterocycles. The molecular weight excluding hydrogens is 504 g/mol. The average molecular weight is 553 g/mol. The molecule has 2 rings (SSSR count). The molecule has 0 saturated carbocycles. The summed E-state index contributed by atoms with van der Waals surface area (Å²) in [5.41, 5.74) is 2.84. The number of hydrogen-bond donors (Lipinski definition) is 3. The zero-order chi connectivity index (χ0) is 28.9. The van der Waals surface area contributed by atoms with Crippen LogP contribution in [0.4, 0.5) is 21.9 Å². The van der Waals surface area contributed by atoms with Gasteiger partial charge in [-0.2, -0.15) is 8.42 Å². The Kier molecular flexibility index (Phi) is 10.5. The Balaban J connectivity index is 2.41. The van der Waals surface area contributed by atoms with Crippen molar-refractivity contribution in [2.45, 2.75) is 113 Å². The van der Waals surface area contributed by atoms with Crippen LogP contribution in [0, 0.1) is 19.3 Å². The summed E-state index contributed by atoms with van der Waals surface area (Å²) in [6, 6.07) is 0. The lowest BCUT2D eigenvalue weighted by molar-refractivity contribution is -0.123. The molecule has 1 aliphatic heterocycles. The SMILES string of the molecule is CCCCCCCCN1CCc2c(C)c(NS(=O)(=O)NC(=O)OC(C)(C)C)c(C)c(NC(=O)C(C)(C)C)c21. The maximum absolute atomic E-state index is 13.1. The second-order valence-corrected chi connectivity index (χ2v) is 13.7. The van der Waals surface area contributed by atoms with Crippen LogP contribution in [0.25, 0.3) is 0 Å². The number of amides is 2. The fraction of sp³-hybridized carbons (Fsp3) is 0.714. The van der Waals surface area contributed by atoms with E-state index in [1.807, 2.05) is 32.4 Å². The highest BCUT2D eigenvalue weighted by Gasteiger charge is 2.32. The largest absolute Gasteiger partial charge is 0.443 e. The van der Waals surface area contributed by atoms with Crippen LogP contribution in [0.1, 0.15) is 104 Å². The Morgan fingerprint density at radius 1 is 0.921 bits per heavy atom. The molecule has 0 unspecified atom stereocenters. The number of benzene rings is 1. The second-order valence-electron chi connectivity index (χ2n) is 12.2. The van der Waals surface area contributed by atoms with Crippen molar-refractivity contribution in [3.05, 3.63) is 16.7 Å². The normalized spacial score (nSPS) is 13.8. The number of ether oxygens (including phenoxy) is 1. The first-order valence-electron chi connectivity index (χ1n) is 13.7. The molecule has 0 aromatic heterocycles. The minimum Gasteiger partial charge on any atom is -0.443 e. The van der Waals surface area contributed by atoms with E-state index < -0.39 is 27.3 Å². The molecule has 0 fully saturated rings. The Morgan fingerprint density at radius 3 is 2.11 bits per heavy atom. The third kappa shape index (κ3) is 8.78. The maximum atomic E-state index is 13.1. The van der Waals surface area contributed by atoms with E-state index in [0.29, 0.717) is 16.9 Å². The van der Waals surface area contributed by atoms with Gasteiger partial charge in [0.1, 0.15) is 5.60 Å². The van der Waals surface area contributed by atoms with Crippen molar-refractivity contribution in [1.29, 1.82) is 0 Å². The number of fused-ring (bicyclic) bond motifs is 1. The number of nitrogens with one attached hydrogen (secondary N) is 3. The number of anilines is 3. The third-order valence-corrected chi connectivity index (χ3v) is 7.51. The number of rotatable bonds is 11. The fourth-order valence-corrected chi connectivity index (χ4v) is 5.45. The Hall–Kier alpha value is -2.49. The van der Waals surface area contributed by atoms with Gasteiger partial charge in [-0.3, -0.25) is 9.52 Å². The van der Waals surface area contributed by atoms with Crippen LogP contribution in [-0.2, 0) is 26.2 Å². The second kappa shape index (κ2) is 12.6. The Labute approximate surface area is 229 Å². The van der Waals surface area contributed by atoms with Crippen LogP contribution in [-0.4, -0.2) is 39.1 Å². The zero-order valence-electron chi connectivity index (χ0n) is 24.8. The maximum Gasteiger partial charge on any atom is 0.422 e. The molecule has 216 valence electrons. The van der Waals surface area contributed by atoms with Crippen molar-refractivity contribution in [1.82, 2.24) is 4.72 Å². The number of hydrogen-bond acceptors (Lipinski definition) is 6. The van der Waals surface area contributed by atoms with E-state index in [9.17, 15) is 18.0 Å². The smallest absolute Gasteiger partial charge is 0.422 e. The summed E-state index contributed by atoms with van der Waals surface area (Å²) in [5.74, 6) is -0.154. The van der Waals surface area contributed by atoms with Crippen molar-refractivity contribution < 1.29 is 22.7 Å². The van der Waals surface area contributed by atoms with Gasteiger partial charge in [0, 0.05) is 18.5 Å². The number of carbonyl (C=O) groups excluding carboxylic acids is 2. The summed E-state index contributed by atoms with van der Waals surface area (Å²) in [5, 5.41) is 3.10. The lowest BCUT2D eigenvalue weighted by atomic mass is 9.94. The summed E-state index contributed by atoms with van der Waals surface area (Å²) >= 11 is 0. The van der Waals surface area contributed by atoms with E-state index in [-0.39, 0.29) is 5.91 Å². The van der Waals surface area contributed by atoms with Gasteiger partial charge in [-0.05, 0) is 64.2 Å². The van der Waals surface area contributed by atoms with E-state index in [2.05, 4.69) is 21.9 Å². The monoisotopic (exact) mass is 552 g/mol. The number of nitrogens with zero attached hydrogens (tertiary/aromatic N) is 1. The molecule has 1 aromatic carbocycles. The summed E-state index contributed by atoms with van der Waals surface area (Å²) in [6.45, 7) is 18.0. The van der Waals surface area contributed by atoms with E-state index in [0.717, 1.165) is 49.2 Å². The highest BCUT2D eigenvalue weighted by Crippen LogP contribution is 2.45. The first-order valence-corrected chi connectivity index (χ1v) is 15.2. The highest BCUT2D eigenvalue weighted by molar-refractivity contribution is 7.91. The summed E-state index contributed by atoms with van der Waals surface area (Å²) in [6.07, 6.45) is 6.83. The molecule has 0 bridgehead atoms. The van der Waals surface area contributed by atoms with Crippen LogP contribution in [0.3, 0.4) is 0 Å². The fourth-order valence-electron chi connectivity index (χ4n) is 4.56. The highest BCUT2D eigenvalue weighted by atomic mass is 32.2. The van der Waals surface area contributed by atoms with Gasteiger partial charge < -0.3 is 15.0 Å². The van der Waals surface area contributed by atoms with Gasteiger partial charge in [0.25, 0.3) is 0 Å². The average Bonchev–Trinajstić information content (AvgIpc) is 3.18. The lowest BCUT2D eigenvalue weighted by Gasteiger charge is -2.28. The van der Waals surface area contributed by atoms with E-state index >= 15 is 0 Å². The van der Waals surface area contributed by atoms with Crippen molar-refractivity contribution in [3.63, 3.8) is 0 Å². The van der Waals surface area contributed by atoms with Gasteiger partial charge in [-0.15, -0.1) is 0 Å². The summed E-state index contributed by atoms with van der Waals surface area (Å²) in [4.78, 5) is 27.5. The minimum atomic E-state index is -4.28. The molecule has 0 atom stereocenters. The quantitative estimate of drug-likeness (QED) is 0.282. The van der Waals surface area contributed by atoms with Crippen LogP contribution >= 0.6 is 0 Å². The van der Waals surface area contributed by atoms with Gasteiger partial charge in [0.15, 0.2) is 0 Å². The van der Waals surface area contributed by atoms with Crippen LogP contribution in [0.15, 0.2) is 0 Å². The van der Waals surface area contributed by atoms with E-state index in [1.54, 1.807) is 27.7 Å². The van der Waals surface area contributed by atoms with Crippen LogP contribution in [0.5, 0.6) is 0 Å². The number of unbranched alkanes of at least 4 members (excludes halogenated alkanes) is 5. The molecular formula is C28H48N4O5S. The summed E-state index contributed by atoms with van der Waals surface area (Å²) in [7, 11) is -4.28. The molecule has 0 aliphatic carbocycles. The van der Waals surface area contributed by atoms with Gasteiger partial charge in [-0.25, -0.2) is 9.52 Å². The van der Waals surface area contributed by atoms with Crippen molar-refractivity contribution >= 4 is 39.3 Å². The predicted molar refractivity (Wildman–Crippen MR) is 155 cm³/mol. The van der Waals surface area contributed by atoms with Crippen LogP contribution < -0.4 is 19.7 Å². The topological polar surface area (TPSA) is 117 Å². The zero-order valence-corrected chi connectivity index (χ0v) is 25.6. The van der Waals surface area contributed by atoms with Crippen molar-refractivity contribution in [2.24, 2.45) is 5.41 Å². The molecule has 1 aromatic rings. The molecule has 0 spiro atoms. The predicted octanol–water partition coefficient (Wildman–Crippen LogP) is 6.19. The number of carbonyl (C=O) groups is 2. The van der Waals surface area contributed by atoms with E-state index in [1.165, 1.54) is 25.7 Å². The Morgan fingerprint density at radius 2 is 1.53 bits per heavy atom. The molecule has 38 heavy (non-hydrogen) atoms. The molecule has 10 heteroatoms. The standard InChI is InChI=1S/C28H48N4O5S/c1-10-11-12-13-14-15-17-32-18-16-21-19(2)22(30-38(35,36)31-26(34)37-28(7,8)9)20(3)23(24(21)32)29-25(33)27(4,5)6/h30H,10-18H2,1-9H3,(H,29,33)(H,31,34). The first kappa shape index (κ1) is 31.7. The minimum absolute atomic E-state index is 0.154. The van der Waals surface area contributed by atoms with Gasteiger partial charge in [0.05, 0.1) is 17.1 Å². The molecule has 2 amide bonds. The van der Waals surface area contributed by atoms with Crippen molar-refractivity contribution in [3.8, 4) is 0 Å². The Bertz CT molecular complexity index is 1120. The summed E-state index contributed by atoms with van der Waals surface area (Å²) < 4.78 is 35.3. The molecule has 0 radical (unpaired) electrons. The first-order chi connectivity index (χ1) is 17.5. The van der Waals surface area contributed by atoms with Gasteiger partial charge in [-0.1, -0.05) is 59.8 Å². The molecule has 9 nitrogen and oxygen atoms in total. The third-order valence-electron chi connectivity index (χ3n) is 6.60. The van der Waals surface area contributed by atoms with E-state index in [4.69, 9.17) is 4.74 Å². The molecule has 3 N–H and O–H groups in total. The lowest BCUT2D eigenvalue weighted by Crippen LogP contribution is -2.39.